The average Bonchev–Trinajstić information content (AvgIpc) is 3.21. The van der Waals surface area contributed by atoms with E-state index in [4.69, 9.17) is 0 Å². The van der Waals surface area contributed by atoms with Crippen LogP contribution in [0.4, 0.5) is 18.9 Å². The van der Waals surface area contributed by atoms with E-state index in [1.165, 1.54) is 23.3 Å². The van der Waals surface area contributed by atoms with Gasteiger partial charge in [-0.15, -0.1) is 10.2 Å². The lowest BCUT2D eigenvalue weighted by Crippen LogP contribution is -2.47. The van der Waals surface area contributed by atoms with Gasteiger partial charge in [-0.05, 0) is 30.2 Å². The van der Waals surface area contributed by atoms with Crippen LogP contribution in [0.25, 0.3) is 11.4 Å². The number of hydrogen-bond acceptors (Lipinski definition) is 4. The SMILES string of the molecule is FC(F)(F)c1cccc(N2CCN(CCc3nnc4n3CCc3ccccc3-4)CC2)c1. The summed E-state index contributed by atoms with van der Waals surface area (Å²) in [4.78, 5) is 4.38. The summed E-state index contributed by atoms with van der Waals surface area (Å²) in [6.07, 6.45) is -2.50. The molecule has 0 radical (unpaired) electrons. The molecule has 0 spiro atoms. The predicted molar refractivity (Wildman–Crippen MR) is 113 cm³/mol. The van der Waals surface area contributed by atoms with Gasteiger partial charge in [0.2, 0.25) is 0 Å². The number of aromatic nitrogens is 3. The smallest absolute Gasteiger partial charge is 0.369 e. The predicted octanol–water partition coefficient (Wildman–Crippen LogP) is 3.88. The van der Waals surface area contributed by atoms with Crippen molar-refractivity contribution in [3.63, 3.8) is 0 Å². The monoisotopic (exact) mass is 427 g/mol. The van der Waals surface area contributed by atoms with Gasteiger partial charge in [0.15, 0.2) is 5.82 Å². The van der Waals surface area contributed by atoms with Crippen LogP contribution in [0, 0.1) is 0 Å². The number of alkyl halides is 3. The molecular weight excluding hydrogens is 403 g/mol. The molecule has 1 aromatic heterocycles. The van der Waals surface area contributed by atoms with Crippen molar-refractivity contribution in [2.24, 2.45) is 0 Å². The highest BCUT2D eigenvalue weighted by Gasteiger charge is 2.31. The Balaban J connectivity index is 1.19. The van der Waals surface area contributed by atoms with Gasteiger partial charge in [-0.3, -0.25) is 4.90 Å². The van der Waals surface area contributed by atoms with Crippen LogP contribution in [0.3, 0.4) is 0 Å². The van der Waals surface area contributed by atoms with Gasteiger partial charge in [-0.1, -0.05) is 30.3 Å². The van der Waals surface area contributed by atoms with E-state index in [-0.39, 0.29) is 0 Å². The lowest BCUT2D eigenvalue weighted by molar-refractivity contribution is -0.137. The summed E-state index contributed by atoms with van der Waals surface area (Å²) >= 11 is 0. The third kappa shape index (κ3) is 4.04. The molecule has 5 nitrogen and oxygen atoms in total. The number of halogens is 3. The number of benzene rings is 2. The molecule has 3 heterocycles. The first-order valence-corrected chi connectivity index (χ1v) is 10.6. The van der Waals surface area contributed by atoms with Gasteiger partial charge < -0.3 is 9.47 Å². The first kappa shape index (κ1) is 20.1. The van der Waals surface area contributed by atoms with Crippen molar-refractivity contribution in [2.75, 3.05) is 37.6 Å². The fourth-order valence-corrected chi connectivity index (χ4v) is 4.51. The molecular formula is C23H24F3N5. The third-order valence-electron chi connectivity index (χ3n) is 6.25. The van der Waals surface area contributed by atoms with E-state index in [0.717, 1.165) is 56.7 Å². The minimum Gasteiger partial charge on any atom is -0.369 e. The Morgan fingerprint density at radius 1 is 0.871 bits per heavy atom. The number of rotatable bonds is 4. The standard InChI is InChI=1S/C23H24F3N5/c24-23(25,26)18-5-3-6-19(16-18)30-14-12-29(13-15-30)10-9-21-27-28-22-20-7-2-1-4-17(20)8-11-31(21)22/h1-7,16H,8-15H2. The van der Waals surface area contributed by atoms with Crippen LogP contribution >= 0.6 is 0 Å². The highest BCUT2D eigenvalue weighted by Crippen LogP contribution is 2.32. The minimum absolute atomic E-state index is 0.592. The molecule has 2 aliphatic rings. The van der Waals surface area contributed by atoms with E-state index in [1.807, 2.05) is 11.0 Å². The van der Waals surface area contributed by atoms with Crippen molar-refractivity contribution in [1.29, 1.82) is 0 Å². The molecule has 5 rings (SSSR count). The normalized spacial score (nSPS) is 16.8. The van der Waals surface area contributed by atoms with E-state index in [1.54, 1.807) is 6.07 Å². The Labute approximate surface area is 179 Å². The van der Waals surface area contributed by atoms with E-state index >= 15 is 0 Å². The van der Waals surface area contributed by atoms with Crippen molar-refractivity contribution < 1.29 is 13.2 Å². The van der Waals surface area contributed by atoms with Gasteiger partial charge in [-0.25, -0.2) is 0 Å². The number of piperazine rings is 1. The first-order chi connectivity index (χ1) is 15.0. The van der Waals surface area contributed by atoms with Crippen molar-refractivity contribution in [3.05, 3.63) is 65.5 Å². The maximum Gasteiger partial charge on any atom is 0.416 e. The van der Waals surface area contributed by atoms with Gasteiger partial charge in [0.05, 0.1) is 5.56 Å². The summed E-state index contributed by atoms with van der Waals surface area (Å²) in [6, 6.07) is 14.0. The number of fused-ring (bicyclic) bond motifs is 3. The van der Waals surface area contributed by atoms with Crippen molar-refractivity contribution >= 4 is 5.69 Å². The van der Waals surface area contributed by atoms with Crippen LogP contribution in [0.1, 0.15) is 17.0 Å². The zero-order chi connectivity index (χ0) is 21.4. The van der Waals surface area contributed by atoms with Crippen LogP contribution in [0.15, 0.2) is 48.5 Å². The Hall–Kier alpha value is -2.87. The van der Waals surface area contributed by atoms with Crippen LogP contribution < -0.4 is 4.90 Å². The Morgan fingerprint density at radius 3 is 2.48 bits per heavy atom. The van der Waals surface area contributed by atoms with Gasteiger partial charge in [0.1, 0.15) is 5.82 Å². The first-order valence-electron chi connectivity index (χ1n) is 10.6. The second-order valence-corrected chi connectivity index (χ2v) is 8.13. The summed E-state index contributed by atoms with van der Waals surface area (Å²) in [7, 11) is 0. The minimum atomic E-state index is -4.31. The van der Waals surface area contributed by atoms with Gasteiger partial charge >= 0.3 is 6.18 Å². The zero-order valence-electron chi connectivity index (χ0n) is 17.1. The summed E-state index contributed by atoms with van der Waals surface area (Å²) in [5.74, 6) is 1.95. The second kappa shape index (κ2) is 8.00. The maximum absolute atomic E-state index is 13.0. The Bertz CT molecular complexity index is 1070. The Morgan fingerprint density at radius 2 is 1.68 bits per heavy atom. The molecule has 3 aromatic rings. The number of aryl methyl sites for hydroxylation is 1. The van der Waals surface area contributed by atoms with E-state index < -0.39 is 11.7 Å². The summed E-state index contributed by atoms with van der Waals surface area (Å²) in [6.45, 7) is 4.84. The van der Waals surface area contributed by atoms with Crippen molar-refractivity contribution in [2.45, 2.75) is 25.6 Å². The highest BCUT2D eigenvalue weighted by molar-refractivity contribution is 5.62. The van der Waals surface area contributed by atoms with Gasteiger partial charge in [0.25, 0.3) is 0 Å². The summed E-state index contributed by atoms with van der Waals surface area (Å²) < 4.78 is 41.2. The number of anilines is 1. The quantitative estimate of drug-likeness (QED) is 0.633. The fourth-order valence-electron chi connectivity index (χ4n) is 4.51. The average molecular weight is 427 g/mol. The van der Waals surface area contributed by atoms with Crippen molar-refractivity contribution in [1.82, 2.24) is 19.7 Å². The molecule has 2 aromatic carbocycles. The Kier molecular flexibility index (Phi) is 5.17. The van der Waals surface area contributed by atoms with Crippen LogP contribution in [-0.4, -0.2) is 52.4 Å². The molecule has 2 aliphatic heterocycles. The van der Waals surface area contributed by atoms with E-state index in [0.29, 0.717) is 18.8 Å². The largest absolute Gasteiger partial charge is 0.416 e. The molecule has 1 fully saturated rings. The van der Waals surface area contributed by atoms with Crippen LogP contribution in [0.5, 0.6) is 0 Å². The van der Waals surface area contributed by atoms with Crippen LogP contribution in [0.2, 0.25) is 0 Å². The molecule has 31 heavy (non-hydrogen) atoms. The molecule has 0 saturated carbocycles. The maximum atomic E-state index is 13.0. The lowest BCUT2D eigenvalue weighted by Gasteiger charge is -2.36. The van der Waals surface area contributed by atoms with Crippen LogP contribution in [-0.2, 0) is 25.6 Å². The molecule has 1 saturated heterocycles. The van der Waals surface area contributed by atoms with E-state index in [2.05, 4.69) is 37.9 Å². The fraction of sp³-hybridized carbons (Fsp3) is 0.391. The van der Waals surface area contributed by atoms with Gasteiger partial charge in [0, 0.05) is 56.9 Å². The van der Waals surface area contributed by atoms with Gasteiger partial charge in [-0.2, -0.15) is 13.2 Å². The summed E-state index contributed by atoms with van der Waals surface area (Å²) in [5.41, 5.74) is 2.53. The zero-order valence-corrected chi connectivity index (χ0v) is 17.1. The van der Waals surface area contributed by atoms with E-state index in [9.17, 15) is 13.2 Å². The molecule has 0 atom stereocenters. The van der Waals surface area contributed by atoms with Crippen molar-refractivity contribution in [3.8, 4) is 11.4 Å². The summed E-state index contributed by atoms with van der Waals surface area (Å²) in [5, 5.41) is 8.88. The number of nitrogens with zero attached hydrogens (tertiary/aromatic N) is 5. The molecule has 0 unspecified atom stereocenters. The molecule has 0 amide bonds. The molecule has 8 heteroatoms. The second-order valence-electron chi connectivity index (χ2n) is 8.13. The molecule has 0 aliphatic carbocycles. The highest BCUT2D eigenvalue weighted by atomic mass is 19.4. The third-order valence-corrected chi connectivity index (χ3v) is 6.25. The molecule has 0 bridgehead atoms. The number of hydrogen-bond donors (Lipinski definition) is 0. The molecule has 162 valence electrons. The molecule has 0 N–H and O–H groups in total. The lowest BCUT2D eigenvalue weighted by atomic mass is 10.0. The topological polar surface area (TPSA) is 37.2 Å².